The molecule has 0 N–H and O–H groups in total. The number of benzene rings is 2. The monoisotopic (exact) mass is 362 g/mol. The second kappa shape index (κ2) is 6.15. The van der Waals surface area contributed by atoms with Crippen molar-refractivity contribution in [2.24, 2.45) is 5.92 Å². The second-order valence-electron chi connectivity index (χ2n) is 6.52. The first-order valence-electron chi connectivity index (χ1n) is 8.08. The van der Waals surface area contributed by atoms with E-state index in [9.17, 15) is 8.42 Å². The minimum absolute atomic E-state index is 0.319. The number of halogens is 1. The van der Waals surface area contributed by atoms with Gasteiger partial charge in [-0.25, -0.2) is 8.42 Å². The van der Waals surface area contributed by atoms with Crippen molar-refractivity contribution in [3.63, 3.8) is 0 Å². The molecule has 0 aliphatic carbocycles. The van der Waals surface area contributed by atoms with E-state index in [2.05, 4.69) is 4.90 Å². The first kappa shape index (κ1) is 16.1. The lowest BCUT2D eigenvalue weighted by atomic mass is 9.91. The first-order chi connectivity index (χ1) is 11.5. The Kier molecular flexibility index (Phi) is 4.12. The molecule has 24 heavy (non-hydrogen) atoms. The summed E-state index contributed by atoms with van der Waals surface area (Å²) in [6.45, 7) is 3.00. The quantitative estimate of drug-likeness (QED) is 0.839. The lowest BCUT2D eigenvalue weighted by molar-refractivity contribution is 0.0435. The van der Waals surface area contributed by atoms with Gasteiger partial charge in [-0.15, -0.1) is 0 Å². The van der Waals surface area contributed by atoms with Crippen molar-refractivity contribution in [3.05, 3.63) is 65.2 Å². The van der Waals surface area contributed by atoms with E-state index in [0.717, 1.165) is 18.1 Å². The van der Waals surface area contributed by atoms with Crippen LogP contribution in [0, 0.1) is 5.92 Å². The lowest BCUT2D eigenvalue weighted by Crippen LogP contribution is -2.54. The Hall–Kier alpha value is -1.40. The highest BCUT2D eigenvalue weighted by Crippen LogP contribution is 2.36. The van der Waals surface area contributed by atoms with Crippen molar-refractivity contribution in [1.82, 2.24) is 9.21 Å². The van der Waals surface area contributed by atoms with Crippen LogP contribution in [0.4, 0.5) is 0 Å². The van der Waals surface area contributed by atoms with Crippen LogP contribution >= 0.6 is 11.6 Å². The number of hydrogen-bond donors (Lipinski definition) is 0. The molecule has 2 aromatic rings. The van der Waals surface area contributed by atoms with Crippen LogP contribution in [0.25, 0.3) is 0 Å². The fraction of sp³-hybridized carbons (Fsp3) is 0.333. The van der Waals surface area contributed by atoms with Crippen molar-refractivity contribution in [1.29, 1.82) is 0 Å². The number of fused-ring (bicyclic) bond motifs is 1. The van der Waals surface area contributed by atoms with E-state index in [1.54, 1.807) is 28.6 Å². The van der Waals surface area contributed by atoms with Crippen LogP contribution in [0.1, 0.15) is 5.56 Å². The summed E-state index contributed by atoms with van der Waals surface area (Å²) in [5, 5.41) is 0.737. The van der Waals surface area contributed by atoms with Crippen LogP contribution in [-0.2, 0) is 16.6 Å². The van der Waals surface area contributed by atoms with Crippen LogP contribution in [0.5, 0.6) is 0 Å². The molecule has 0 spiro atoms. The normalized spacial score (nSPS) is 24.5. The smallest absolute Gasteiger partial charge is 0.243 e. The van der Waals surface area contributed by atoms with Crippen molar-refractivity contribution < 1.29 is 8.42 Å². The second-order valence-corrected chi connectivity index (χ2v) is 8.89. The molecular formula is C18H19ClN2O2S. The fourth-order valence-corrected chi connectivity index (χ4v) is 5.31. The van der Waals surface area contributed by atoms with Gasteiger partial charge in [-0.3, -0.25) is 4.90 Å². The summed E-state index contributed by atoms with van der Waals surface area (Å²) in [4.78, 5) is 2.74. The van der Waals surface area contributed by atoms with E-state index in [0.29, 0.717) is 29.9 Å². The molecule has 4 nitrogen and oxygen atoms in total. The molecule has 2 aromatic carbocycles. The van der Waals surface area contributed by atoms with Gasteiger partial charge in [0.15, 0.2) is 0 Å². The van der Waals surface area contributed by atoms with Gasteiger partial charge >= 0.3 is 0 Å². The minimum Gasteiger partial charge on any atom is -0.294 e. The summed E-state index contributed by atoms with van der Waals surface area (Å²) in [6.07, 6.45) is 0. The van der Waals surface area contributed by atoms with Gasteiger partial charge in [-0.05, 0) is 29.8 Å². The van der Waals surface area contributed by atoms with E-state index >= 15 is 0 Å². The first-order valence-corrected chi connectivity index (χ1v) is 9.89. The molecule has 2 aliphatic heterocycles. The maximum Gasteiger partial charge on any atom is 0.243 e. The third kappa shape index (κ3) is 2.86. The van der Waals surface area contributed by atoms with Gasteiger partial charge in [-0.1, -0.05) is 41.9 Å². The number of nitrogens with zero attached hydrogens (tertiary/aromatic N) is 2. The molecule has 0 bridgehead atoms. The predicted octanol–water partition coefficient (Wildman–Crippen LogP) is 2.84. The van der Waals surface area contributed by atoms with Gasteiger partial charge in [-0.2, -0.15) is 4.31 Å². The zero-order valence-electron chi connectivity index (χ0n) is 13.2. The summed E-state index contributed by atoms with van der Waals surface area (Å²) in [6, 6.07) is 16.9. The third-order valence-electron chi connectivity index (χ3n) is 4.99. The van der Waals surface area contributed by atoms with E-state index in [1.807, 2.05) is 30.3 Å². The van der Waals surface area contributed by atoms with E-state index in [1.165, 1.54) is 5.56 Å². The Balaban J connectivity index is 1.44. The number of likely N-dealkylation sites (tertiary alicyclic amines) is 1. The van der Waals surface area contributed by atoms with Crippen LogP contribution in [0.15, 0.2) is 59.5 Å². The zero-order valence-corrected chi connectivity index (χ0v) is 14.7. The van der Waals surface area contributed by atoms with Gasteiger partial charge < -0.3 is 0 Å². The summed E-state index contributed by atoms with van der Waals surface area (Å²) < 4.78 is 27.1. The van der Waals surface area contributed by atoms with Gasteiger partial charge in [0.05, 0.1) is 4.90 Å². The minimum atomic E-state index is -3.38. The highest BCUT2D eigenvalue weighted by atomic mass is 35.5. The van der Waals surface area contributed by atoms with Crippen LogP contribution in [-0.4, -0.2) is 43.3 Å². The number of hydrogen-bond acceptors (Lipinski definition) is 3. The van der Waals surface area contributed by atoms with Crippen molar-refractivity contribution >= 4 is 21.6 Å². The Morgan fingerprint density at radius 1 is 0.958 bits per heavy atom. The van der Waals surface area contributed by atoms with Gasteiger partial charge in [0.2, 0.25) is 10.0 Å². The molecule has 0 amide bonds. The number of sulfonamides is 1. The third-order valence-corrected chi connectivity index (χ3v) is 7.09. The highest BCUT2D eigenvalue weighted by molar-refractivity contribution is 7.89. The lowest BCUT2D eigenvalue weighted by Gasteiger charge is -2.43. The van der Waals surface area contributed by atoms with Crippen molar-refractivity contribution in [2.45, 2.75) is 17.5 Å². The summed E-state index contributed by atoms with van der Waals surface area (Å²) >= 11 is 5.93. The Labute approximate surface area is 147 Å². The Morgan fingerprint density at radius 3 is 2.38 bits per heavy atom. The molecule has 0 aromatic heterocycles. The Morgan fingerprint density at radius 2 is 1.67 bits per heavy atom. The largest absolute Gasteiger partial charge is 0.294 e. The maximum absolute atomic E-state index is 12.7. The van der Waals surface area contributed by atoms with Gasteiger partial charge in [0, 0.05) is 43.2 Å². The van der Waals surface area contributed by atoms with Gasteiger partial charge in [0.1, 0.15) is 0 Å². The molecule has 2 heterocycles. The Bertz CT molecular complexity index is 824. The van der Waals surface area contributed by atoms with Gasteiger partial charge in [0.25, 0.3) is 0 Å². The molecular weight excluding hydrogens is 344 g/mol. The molecule has 126 valence electrons. The molecule has 6 heteroatoms. The standard InChI is InChI=1S/C18H19ClN2O2S/c19-16-8-6-14(7-9-16)10-20-11-15-12-21(13-18(15)20)24(22,23)17-4-2-1-3-5-17/h1-9,15,18H,10-13H2/t15-,18+/m1/s1. The molecule has 0 unspecified atom stereocenters. The average Bonchev–Trinajstić information content (AvgIpc) is 2.93. The molecule has 2 atom stereocenters. The molecule has 2 aliphatic rings. The maximum atomic E-state index is 12.7. The summed E-state index contributed by atoms with van der Waals surface area (Å²) in [5.41, 5.74) is 1.21. The molecule has 0 saturated carbocycles. The molecule has 2 fully saturated rings. The van der Waals surface area contributed by atoms with Crippen LogP contribution in [0.3, 0.4) is 0 Å². The van der Waals surface area contributed by atoms with E-state index in [-0.39, 0.29) is 0 Å². The van der Waals surface area contributed by atoms with E-state index < -0.39 is 10.0 Å². The predicted molar refractivity (Wildman–Crippen MR) is 94.3 cm³/mol. The summed E-state index contributed by atoms with van der Waals surface area (Å²) in [7, 11) is -3.38. The SMILES string of the molecule is O=S(=O)(c1ccccc1)N1C[C@H]2CN(Cc3ccc(Cl)cc3)[C@H]2C1. The number of rotatable bonds is 4. The molecule has 4 rings (SSSR count). The average molecular weight is 363 g/mol. The van der Waals surface area contributed by atoms with Crippen LogP contribution < -0.4 is 0 Å². The summed E-state index contributed by atoms with van der Waals surface area (Å²) in [5.74, 6) is 0.441. The topological polar surface area (TPSA) is 40.6 Å². The highest BCUT2D eigenvalue weighted by Gasteiger charge is 2.48. The molecule has 0 radical (unpaired) electrons. The van der Waals surface area contributed by atoms with Crippen LogP contribution in [0.2, 0.25) is 5.02 Å². The van der Waals surface area contributed by atoms with Crippen molar-refractivity contribution in [2.75, 3.05) is 19.6 Å². The zero-order chi connectivity index (χ0) is 16.7. The fourth-order valence-electron chi connectivity index (χ4n) is 3.65. The van der Waals surface area contributed by atoms with Crippen molar-refractivity contribution in [3.8, 4) is 0 Å². The van der Waals surface area contributed by atoms with E-state index in [4.69, 9.17) is 11.6 Å². The molecule has 2 saturated heterocycles.